The molecular formula is C40H73O10P. The second-order valence-electron chi connectivity index (χ2n) is 13.2. The van der Waals surface area contributed by atoms with E-state index in [1.807, 2.05) is 0 Å². The maximum absolute atomic E-state index is 12.3. The Bertz CT molecular complexity index is 952. The Kier molecular flexibility index (Phi) is 35.2. The number of rotatable bonds is 37. The highest BCUT2D eigenvalue weighted by Gasteiger charge is 2.27. The zero-order chi connectivity index (χ0) is 37.7. The summed E-state index contributed by atoms with van der Waals surface area (Å²) in [5.41, 5.74) is 0. The first-order valence-corrected chi connectivity index (χ1v) is 21.4. The van der Waals surface area contributed by atoms with Crippen LogP contribution in [0.4, 0.5) is 0 Å². The van der Waals surface area contributed by atoms with E-state index in [2.05, 4.69) is 50.3 Å². The van der Waals surface area contributed by atoms with Crippen LogP contribution in [-0.2, 0) is 32.7 Å². The van der Waals surface area contributed by atoms with Gasteiger partial charge in [-0.25, -0.2) is 4.57 Å². The normalized spacial score (nSPS) is 14.4. The molecule has 0 heterocycles. The molecule has 3 N–H and O–H groups in total. The first kappa shape index (κ1) is 49.2. The minimum atomic E-state index is -4.64. The van der Waals surface area contributed by atoms with Gasteiger partial charge in [-0.05, 0) is 44.9 Å². The van der Waals surface area contributed by atoms with E-state index in [-0.39, 0.29) is 12.8 Å². The van der Waals surface area contributed by atoms with Gasteiger partial charge in [-0.2, -0.15) is 0 Å². The van der Waals surface area contributed by atoms with Crippen LogP contribution in [0.15, 0.2) is 36.5 Å². The molecule has 0 aromatic heterocycles. The van der Waals surface area contributed by atoms with Gasteiger partial charge in [0.25, 0.3) is 0 Å². The Hall–Kier alpha value is -1.81. The number of aliphatic hydroxyl groups excluding tert-OH is 2. The van der Waals surface area contributed by atoms with Crippen LogP contribution in [-0.4, -0.2) is 65.7 Å². The first-order chi connectivity index (χ1) is 24.8. The van der Waals surface area contributed by atoms with Crippen LogP contribution in [0.2, 0.25) is 0 Å². The summed E-state index contributed by atoms with van der Waals surface area (Å²) >= 11 is 0. The van der Waals surface area contributed by atoms with Gasteiger partial charge in [-0.3, -0.25) is 18.6 Å². The number of esters is 2. The van der Waals surface area contributed by atoms with Crippen molar-refractivity contribution in [2.75, 3.05) is 26.4 Å². The summed E-state index contributed by atoms with van der Waals surface area (Å²) in [5, 5.41) is 19.1. The smallest absolute Gasteiger partial charge is 0.457 e. The molecule has 10 nitrogen and oxygen atoms in total. The van der Waals surface area contributed by atoms with E-state index < -0.39 is 58.4 Å². The highest BCUT2D eigenvalue weighted by atomic mass is 31.2. The van der Waals surface area contributed by atoms with Gasteiger partial charge >= 0.3 is 19.8 Å². The van der Waals surface area contributed by atoms with Crippen molar-refractivity contribution in [3.8, 4) is 0 Å². The molecule has 3 unspecified atom stereocenters. The molecule has 0 saturated heterocycles. The zero-order valence-electron chi connectivity index (χ0n) is 32.1. The van der Waals surface area contributed by atoms with Gasteiger partial charge < -0.3 is 24.6 Å². The molecule has 0 rings (SSSR count). The lowest BCUT2D eigenvalue weighted by molar-refractivity contribution is -0.153. The molecule has 0 aliphatic heterocycles. The molecule has 0 saturated carbocycles. The lowest BCUT2D eigenvalue weighted by Crippen LogP contribution is -2.28. The van der Waals surface area contributed by atoms with E-state index in [4.69, 9.17) is 18.5 Å². The molecule has 0 bridgehead atoms. The number of hydrogen-bond acceptors (Lipinski definition) is 9. The maximum Gasteiger partial charge on any atom is 0.472 e. The van der Waals surface area contributed by atoms with Crippen molar-refractivity contribution in [1.29, 1.82) is 0 Å². The van der Waals surface area contributed by atoms with Gasteiger partial charge in [0.15, 0.2) is 0 Å². The number of phosphoric acid groups is 1. The number of ether oxygens (including phenoxy) is 2. The number of allylic oxidation sites excluding steroid dienone is 6. The minimum absolute atomic E-state index is 0.157. The Morgan fingerprint density at radius 2 is 0.922 bits per heavy atom. The number of hydrogen-bond donors (Lipinski definition) is 3. The molecule has 0 radical (unpaired) electrons. The maximum atomic E-state index is 12.3. The van der Waals surface area contributed by atoms with Gasteiger partial charge in [0.2, 0.25) is 0 Å². The van der Waals surface area contributed by atoms with Crippen molar-refractivity contribution in [1.82, 2.24) is 0 Å². The summed E-state index contributed by atoms with van der Waals surface area (Å²) < 4.78 is 32.4. The Balaban J connectivity index is 3.98. The SMILES string of the molecule is CC/C=C\C/C=C\C/C=C\CCCCCC(=O)OC(CO)COP(=O)(O)OCC(CO)OC(=O)CCCCCCCCCCCCCCCCC. The largest absolute Gasteiger partial charge is 0.472 e. The van der Waals surface area contributed by atoms with Crippen LogP contribution in [0.5, 0.6) is 0 Å². The number of aliphatic hydroxyl groups is 2. The first-order valence-electron chi connectivity index (χ1n) is 19.9. The van der Waals surface area contributed by atoms with Crippen molar-refractivity contribution in [2.45, 2.75) is 180 Å². The van der Waals surface area contributed by atoms with E-state index in [0.717, 1.165) is 57.8 Å². The third kappa shape index (κ3) is 35.0. The number of unbranched alkanes of at least 4 members (excludes halogenated alkanes) is 17. The monoisotopic (exact) mass is 744 g/mol. The van der Waals surface area contributed by atoms with Crippen molar-refractivity contribution < 1.29 is 47.8 Å². The average molecular weight is 745 g/mol. The summed E-state index contributed by atoms with van der Waals surface area (Å²) in [5.74, 6) is -1.05. The van der Waals surface area contributed by atoms with Crippen LogP contribution < -0.4 is 0 Å². The van der Waals surface area contributed by atoms with Crippen LogP contribution in [0, 0.1) is 0 Å². The van der Waals surface area contributed by atoms with Crippen LogP contribution in [0.3, 0.4) is 0 Å². The molecule has 0 aliphatic carbocycles. The Labute approximate surface area is 310 Å². The molecule has 51 heavy (non-hydrogen) atoms. The fourth-order valence-electron chi connectivity index (χ4n) is 5.31. The van der Waals surface area contributed by atoms with E-state index in [9.17, 15) is 29.3 Å². The standard InChI is InChI=1S/C40H73O10P/c1-3-5-7-9-11-13-15-17-18-20-22-24-26-28-30-32-40(44)50-38(34-42)36-48-51(45,46)47-35-37(33-41)49-39(43)31-29-27-25-23-21-19-16-14-12-10-8-6-4-2/h6,8,12,14,19,21,37-38,41-42H,3-5,7,9-11,13,15-18,20,22-36H2,1-2H3,(H,45,46)/b8-6-,14-12-,21-19-. The number of carbonyl (C=O) groups is 2. The Morgan fingerprint density at radius 3 is 1.33 bits per heavy atom. The number of phosphoric ester groups is 1. The van der Waals surface area contributed by atoms with Crippen molar-refractivity contribution >= 4 is 19.8 Å². The molecule has 0 aromatic carbocycles. The highest BCUT2D eigenvalue weighted by molar-refractivity contribution is 7.47. The quantitative estimate of drug-likeness (QED) is 0.0243. The lowest BCUT2D eigenvalue weighted by atomic mass is 10.0. The van der Waals surface area contributed by atoms with E-state index in [1.165, 1.54) is 70.6 Å². The summed E-state index contributed by atoms with van der Waals surface area (Å²) in [4.78, 5) is 34.4. The predicted molar refractivity (Wildman–Crippen MR) is 205 cm³/mol. The number of carbonyl (C=O) groups excluding carboxylic acids is 2. The molecule has 298 valence electrons. The summed E-state index contributed by atoms with van der Waals surface area (Å²) in [7, 11) is -4.64. The Morgan fingerprint density at radius 1 is 0.549 bits per heavy atom. The zero-order valence-corrected chi connectivity index (χ0v) is 33.0. The van der Waals surface area contributed by atoms with Crippen molar-refractivity contribution in [3.63, 3.8) is 0 Å². The van der Waals surface area contributed by atoms with Gasteiger partial charge in [-0.15, -0.1) is 0 Å². The van der Waals surface area contributed by atoms with Gasteiger partial charge in [0.1, 0.15) is 12.2 Å². The molecule has 0 spiro atoms. The molecule has 0 aromatic rings. The third-order valence-electron chi connectivity index (χ3n) is 8.37. The highest BCUT2D eigenvalue weighted by Crippen LogP contribution is 2.43. The van der Waals surface area contributed by atoms with Gasteiger partial charge in [0, 0.05) is 12.8 Å². The average Bonchev–Trinajstić information content (AvgIpc) is 3.12. The molecule has 0 amide bonds. The van der Waals surface area contributed by atoms with Gasteiger partial charge in [0.05, 0.1) is 26.4 Å². The topological polar surface area (TPSA) is 149 Å². The second kappa shape index (κ2) is 36.5. The fourth-order valence-corrected chi connectivity index (χ4v) is 6.09. The third-order valence-corrected chi connectivity index (χ3v) is 9.32. The summed E-state index contributed by atoms with van der Waals surface area (Å²) in [6, 6.07) is 0. The second-order valence-corrected chi connectivity index (χ2v) is 14.7. The van der Waals surface area contributed by atoms with Crippen LogP contribution >= 0.6 is 7.82 Å². The predicted octanol–water partition coefficient (Wildman–Crippen LogP) is 10.00. The molecule has 0 aliphatic rings. The van der Waals surface area contributed by atoms with Crippen LogP contribution in [0.1, 0.15) is 168 Å². The lowest BCUT2D eigenvalue weighted by Gasteiger charge is -2.20. The molecular weight excluding hydrogens is 671 g/mol. The summed E-state index contributed by atoms with van der Waals surface area (Å²) in [6.45, 7) is 2.05. The summed E-state index contributed by atoms with van der Waals surface area (Å²) in [6.07, 6.45) is 35.5. The van der Waals surface area contributed by atoms with Crippen LogP contribution in [0.25, 0.3) is 0 Å². The van der Waals surface area contributed by atoms with E-state index in [0.29, 0.717) is 12.8 Å². The molecule has 3 atom stereocenters. The fraction of sp³-hybridized carbons (Fsp3) is 0.800. The molecule has 11 heteroatoms. The molecule has 0 fully saturated rings. The minimum Gasteiger partial charge on any atom is -0.457 e. The van der Waals surface area contributed by atoms with E-state index in [1.54, 1.807) is 0 Å². The van der Waals surface area contributed by atoms with Gasteiger partial charge in [-0.1, -0.05) is 147 Å². The van der Waals surface area contributed by atoms with E-state index >= 15 is 0 Å². The van der Waals surface area contributed by atoms with Crippen molar-refractivity contribution in [2.24, 2.45) is 0 Å². The van der Waals surface area contributed by atoms with Crippen molar-refractivity contribution in [3.05, 3.63) is 36.5 Å².